The largest absolute Gasteiger partial charge is 0.483 e. The van der Waals surface area contributed by atoms with Crippen molar-refractivity contribution in [1.82, 2.24) is 4.90 Å². The molecule has 1 fully saturated rings. The van der Waals surface area contributed by atoms with Crippen LogP contribution in [0, 0.1) is 5.41 Å². The summed E-state index contributed by atoms with van der Waals surface area (Å²) < 4.78 is 0. The Morgan fingerprint density at radius 2 is 1.83 bits per heavy atom. The summed E-state index contributed by atoms with van der Waals surface area (Å²) in [7, 11) is 0. The molecule has 1 saturated heterocycles. The predicted octanol–water partition coefficient (Wildman–Crippen LogP) is 1.74. The molecule has 0 aromatic heterocycles. The minimum atomic E-state index is -0.302. The van der Waals surface area contributed by atoms with Crippen LogP contribution in [-0.4, -0.2) is 46.7 Å². The van der Waals surface area contributed by atoms with Crippen molar-refractivity contribution in [3.8, 4) is 0 Å². The van der Waals surface area contributed by atoms with Crippen LogP contribution in [0.4, 0.5) is 0 Å². The van der Waals surface area contributed by atoms with E-state index in [-0.39, 0.29) is 23.9 Å². The van der Waals surface area contributed by atoms with E-state index in [4.69, 9.17) is 9.90 Å². The summed E-state index contributed by atoms with van der Waals surface area (Å²) in [5.74, 6) is 0.170. The minimum absolute atomic E-state index is 0.0463. The zero-order chi connectivity index (χ0) is 14.8. The van der Waals surface area contributed by atoms with Gasteiger partial charge in [0.1, 0.15) is 0 Å². The summed E-state index contributed by atoms with van der Waals surface area (Å²) in [5.41, 5.74) is 0.0463. The standard InChI is InChI=1S/C10H19NO2.C2H6.CH2O2/c1-10(2,3)6-9(13)11-5-4-8(12)7-11;1-2;2-1-3/h8,12H,4-7H2,1-3H3;1-2H3;1H,(H,2,3). The Kier molecular flexibility index (Phi) is 10.6. The van der Waals surface area contributed by atoms with Crippen molar-refractivity contribution < 1.29 is 19.8 Å². The van der Waals surface area contributed by atoms with Gasteiger partial charge in [-0.3, -0.25) is 9.59 Å². The van der Waals surface area contributed by atoms with E-state index in [1.807, 2.05) is 13.8 Å². The Morgan fingerprint density at radius 1 is 1.39 bits per heavy atom. The molecule has 5 nitrogen and oxygen atoms in total. The highest BCUT2D eigenvalue weighted by atomic mass is 16.3. The zero-order valence-corrected chi connectivity index (χ0v) is 12.1. The van der Waals surface area contributed by atoms with Crippen molar-refractivity contribution >= 4 is 12.4 Å². The molecule has 0 aromatic carbocycles. The lowest BCUT2D eigenvalue weighted by atomic mass is 9.92. The fourth-order valence-electron chi connectivity index (χ4n) is 1.53. The lowest BCUT2D eigenvalue weighted by Crippen LogP contribution is -2.32. The maximum atomic E-state index is 11.6. The molecule has 0 bridgehead atoms. The Morgan fingerprint density at radius 3 is 2.11 bits per heavy atom. The molecule has 18 heavy (non-hydrogen) atoms. The van der Waals surface area contributed by atoms with Gasteiger partial charge < -0.3 is 15.1 Å². The second-order valence-corrected chi connectivity index (χ2v) is 5.13. The number of rotatable bonds is 1. The van der Waals surface area contributed by atoms with Gasteiger partial charge in [0.25, 0.3) is 6.47 Å². The number of hydrogen-bond acceptors (Lipinski definition) is 3. The van der Waals surface area contributed by atoms with Gasteiger partial charge in [-0.2, -0.15) is 0 Å². The van der Waals surface area contributed by atoms with E-state index in [0.717, 1.165) is 13.0 Å². The first-order chi connectivity index (χ1) is 8.30. The van der Waals surface area contributed by atoms with E-state index in [9.17, 15) is 9.90 Å². The van der Waals surface area contributed by atoms with Crippen LogP contribution in [0.2, 0.25) is 0 Å². The van der Waals surface area contributed by atoms with E-state index in [1.54, 1.807) is 4.90 Å². The van der Waals surface area contributed by atoms with Crippen molar-refractivity contribution in [3.05, 3.63) is 0 Å². The number of β-amino-alcohol motifs (C(OH)–C–C–N with tert-alkyl or cyclic N) is 1. The molecule has 0 aliphatic carbocycles. The molecule has 0 spiro atoms. The molecule has 1 rings (SSSR count). The summed E-state index contributed by atoms with van der Waals surface area (Å²) in [6.07, 6.45) is 0.999. The topological polar surface area (TPSA) is 77.8 Å². The van der Waals surface area contributed by atoms with Crippen LogP contribution in [-0.2, 0) is 9.59 Å². The Hall–Kier alpha value is -1.10. The van der Waals surface area contributed by atoms with Crippen LogP contribution in [0.1, 0.15) is 47.5 Å². The SMILES string of the molecule is CC.CC(C)(C)CC(=O)N1CCC(O)C1.O=CO. The number of hydrogen-bond donors (Lipinski definition) is 2. The van der Waals surface area contributed by atoms with E-state index in [0.29, 0.717) is 13.0 Å². The van der Waals surface area contributed by atoms with Gasteiger partial charge >= 0.3 is 0 Å². The molecule has 0 aromatic rings. The number of likely N-dealkylation sites (tertiary alicyclic amines) is 1. The van der Waals surface area contributed by atoms with Gasteiger partial charge in [-0.15, -0.1) is 0 Å². The van der Waals surface area contributed by atoms with Crippen LogP contribution in [0.3, 0.4) is 0 Å². The van der Waals surface area contributed by atoms with Crippen molar-refractivity contribution in [2.24, 2.45) is 5.41 Å². The number of aliphatic hydroxyl groups excluding tert-OH is 1. The highest BCUT2D eigenvalue weighted by Crippen LogP contribution is 2.21. The van der Waals surface area contributed by atoms with Crippen molar-refractivity contribution in [2.75, 3.05) is 13.1 Å². The molecule has 108 valence electrons. The summed E-state index contributed by atoms with van der Waals surface area (Å²) in [4.78, 5) is 21.7. The second kappa shape index (κ2) is 9.88. The average molecular weight is 261 g/mol. The summed E-state index contributed by atoms with van der Waals surface area (Å²) in [5, 5.41) is 16.1. The molecule has 1 aliphatic rings. The number of amides is 1. The molecule has 0 saturated carbocycles. The third-order valence-electron chi connectivity index (χ3n) is 2.20. The van der Waals surface area contributed by atoms with Crippen LogP contribution >= 0.6 is 0 Å². The van der Waals surface area contributed by atoms with E-state index in [1.165, 1.54) is 0 Å². The van der Waals surface area contributed by atoms with Gasteiger partial charge in [-0.1, -0.05) is 34.6 Å². The molecule has 1 atom stereocenters. The van der Waals surface area contributed by atoms with E-state index >= 15 is 0 Å². The maximum Gasteiger partial charge on any atom is 0.290 e. The van der Waals surface area contributed by atoms with Gasteiger partial charge in [-0.25, -0.2) is 0 Å². The van der Waals surface area contributed by atoms with Crippen molar-refractivity contribution in [3.63, 3.8) is 0 Å². The lowest BCUT2D eigenvalue weighted by molar-refractivity contribution is -0.132. The molecule has 1 unspecified atom stereocenters. The van der Waals surface area contributed by atoms with Gasteiger partial charge in [0.2, 0.25) is 5.91 Å². The smallest absolute Gasteiger partial charge is 0.290 e. The Labute approximate surface area is 110 Å². The fourth-order valence-corrected chi connectivity index (χ4v) is 1.53. The number of nitrogens with zero attached hydrogens (tertiary/aromatic N) is 1. The van der Waals surface area contributed by atoms with Crippen LogP contribution in [0.5, 0.6) is 0 Å². The highest BCUT2D eigenvalue weighted by molar-refractivity contribution is 5.77. The zero-order valence-electron chi connectivity index (χ0n) is 12.1. The first-order valence-electron chi connectivity index (χ1n) is 6.34. The molecule has 0 radical (unpaired) electrons. The fraction of sp³-hybridized carbons (Fsp3) is 0.846. The minimum Gasteiger partial charge on any atom is -0.483 e. The highest BCUT2D eigenvalue weighted by Gasteiger charge is 2.27. The van der Waals surface area contributed by atoms with Gasteiger partial charge in [0, 0.05) is 19.5 Å². The summed E-state index contributed by atoms with van der Waals surface area (Å²) >= 11 is 0. The molecule has 2 N–H and O–H groups in total. The van der Waals surface area contributed by atoms with Gasteiger partial charge in [0.05, 0.1) is 6.10 Å². The number of carbonyl (C=O) groups is 2. The monoisotopic (exact) mass is 261 g/mol. The molecular weight excluding hydrogens is 234 g/mol. The third kappa shape index (κ3) is 10.1. The van der Waals surface area contributed by atoms with Crippen molar-refractivity contribution in [1.29, 1.82) is 0 Å². The second-order valence-electron chi connectivity index (χ2n) is 5.13. The van der Waals surface area contributed by atoms with Gasteiger partial charge in [-0.05, 0) is 11.8 Å². The van der Waals surface area contributed by atoms with E-state index in [2.05, 4.69) is 20.8 Å². The van der Waals surface area contributed by atoms with Crippen LogP contribution < -0.4 is 0 Å². The third-order valence-corrected chi connectivity index (χ3v) is 2.20. The Balaban J connectivity index is 0. The van der Waals surface area contributed by atoms with Crippen LogP contribution in [0.25, 0.3) is 0 Å². The average Bonchev–Trinajstić information content (AvgIpc) is 2.67. The lowest BCUT2D eigenvalue weighted by Gasteiger charge is -2.22. The predicted molar refractivity (Wildman–Crippen MR) is 71.3 cm³/mol. The van der Waals surface area contributed by atoms with Crippen molar-refractivity contribution in [2.45, 2.75) is 53.6 Å². The van der Waals surface area contributed by atoms with Crippen LogP contribution in [0.15, 0.2) is 0 Å². The first-order valence-corrected chi connectivity index (χ1v) is 6.34. The Bertz CT molecular complexity index is 236. The number of aliphatic hydroxyl groups is 1. The maximum absolute atomic E-state index is 11.6. The van der Waals surface area contributed by atoms with Gasteiger partial charge in [0.15, 0.2) is 0 Å². The number of carbonyl (C=O) groups excluding carboxylic acids is 1. The molecule has 1 aliphatic heterocycles. The molecule has 1 amide bonds. The quantitative estimate of drug-likeness (QED) is 0.705. The molecular formula is C13H27NO4. The summed E-state index contributed by atoms with van der Waals surface area (Å²) in [6.45, 7) is 11.1. The number of carboxylic acid groups (broad SMARTS) is 1. The first kappa shape index (κ1) is 19.2. The summed E-state index contributed by atoms with van der Waals surface area (Å²) in [6, 6.07) is 0. The molecule has 1 heterocycles. The normalized spacial score (nSPS) is 18.1. The van der Waals surface area contributed by atoms with E-state index < -0.39 is 0 Å². The molecule has 5 heteroatoms.